The molecule has 0 saturated heterocycles. The first-order valence-electron chi connectivity index (χ1n) is 5.81. The van der Waals surface area contributed by atoms with Crippen LogP contribution in [0.25, 0.3) is 0 Å². The second-order valence-electron chi connectivity index (χ2n) is 4.31. The molecule has 0 bridgehead atoms. The Morgan fingerprint density at radius 2 is 2.00 bits per heavy atom. The minimum Gasteiger partial charge on any atom is -0.154 e. The van der Waals surface area contributed by atoms with Gasteiger partial charge >= 0.3 is 0 Å². The normalized spacial score (nSPS) is 17.6. The zero-order valence-corrected chi connectivity index (χ0v) is 12.4. The fourth-order valence-corrected chi connectivity index (χ4v) is 4.23. The predicted molar refractivity (Wildman–Crippen MR) is 77.3 cm³/mol. The highest BCUT2D eigenvalue weighted by Gasteiger charge is 2.14. The van der Waals surface area contributed by atoms with Gasteiger partial charge < -0.3 is 0 Å². The predicted octanol–water partition coefficient (Wildman–Crippen LogP) is 5.67. The van der Waals surface area contributed by atoms with E-state index in [-0.39, 0.29) is 0 Å². The molecule has 1 aromatic rings. The third-order valence-corrected chi connectivity index (χ3v) is 5.31. The largest absolute Gasteiger partial charge is 0.154 e. The third-order valence-electron chi connectivity index (χ3n) is 3.04. The lowest BCUT2D eigenvalue weighted by Gasteiger charge is -2.21. The SMILES string of the molecule is Clc1cc(Br)ccc1CSC1CCCCC1. The van der Waals surface area contributed by atoms with Gasteiger partial charge in [0.25, 0.3) is 0 Å². The van der Waals surface area contributed by atoms with Crippen molar-refractivity contribution in [1.82, 2.24) is 0 Å². The van der Waals surface area contributed by atoms with Gasteiger partial charge in [0.1, 0.15) is 0 Å². The summed E-state index contributed by atoms with van der Waals surface area (Å²) in [6, 6.07) is 6.18. The van der Waals surface area contributed by atoms with Crippen molar-refractivity contribution in [2.45, 2.75) is 43.1 Å². The van der Waals surface area contributed by atoms with E-state index in [4.69, 9.17) is 11.6 Å². The van der Waals surface area contributed by atoms with Crippen molar-refractivity contribution < 1.29 is 0 Å². The van der Waals surface area contributed by atoms with Crippen molar-refractivity contribution in [2.24, 2.45) is 0 Å². The van der Waals surface area contributed by atoms with E-state index in [1.54, 1.807) is 0 Å². The first-order valence-corrected chi connectivity index (χ1v) is 8.03. The lowest BCUT2D eigenvalue weighted by atomic mass is 10.0. The quantitative estimate of drug-likeness (QED) is 0.692. The molecule has 1 aromatic carbocycles. The van der Waals surface area contributed by atoms with E-state index in [0.29, 0.717) is 0 Å². The molecule has 1 aliphatic carbocycles. The van der Waals surface area contributed by atoms with Crippen LogP contribution in [0.3, 0.4) is 0 Å². The van der Waals surface area contributed by atoms with Crippen LogP contribution < -0.4 is 0 Å². The van der Waals surface area contributed by atoms with Crippen LogP contribution in [0.2, 0.25) is 5.02 Å². The molecular formula is C13H16BrClS. The molecule has 0 nitrogen and oxygen atoms in total. The molecule has 0 heterocycles. The average Bonchev–Trinajstić information content (AvgIpc) is 2.29. The summed E-state index contributed by atoms with van der Waals surface area (Å²) in [6.45, 7) is 0. The van der Waals surface area contributed by atoms with Gasteiger partial charge in [-0.3, -0.25) is 0 Å². The number of hydrogen-bond donors (Lipinski definition) is 0. The molecule has 0 aliphatic heterocycles. The Bertz CT molecular complexity index is 348. The van der Waals surface area contributed by atoms with Crippen molar-refractivity contribution in [3.8, 4) is 0 Å². The highest BCUT2D eigenvalue weighted by Crippen LogP contribution is 2.32. The van der Waals surface area contributed by atoms with E-state index in [1.165, 1.54) is 37.7 Å². The van der Waals surface area contributed by atoms with Gasteiger partial charge in [-0.2, -0.15) is 11.8 Å². The summed E-state index contributed by atoms with van der Waals surface area (Å²) in [5.41, 5.74) is 1.26. The van der Waals surface area contributed by atoms with Crippen LogP contribution in [-0.4, -0.2) is 5.25 Å². The van der Waals surface area contributed by atoms with E-state index in [0.717, 1.165) is 20.5 Å². The van der Waals surface area contributed by atoms with Gasteiger partial charge in [-0.1, -0.05) is 52.9 Å². The van der Waals surface area contributed by atoms with Crippen LogP contribution in [-0.2, 0) is 5.75 Å². The maximum atomic E-state index is 6.20. The Labute approximate surface area is 115 Å². The molecule has 0 unspecified atom stereocenters. The number of thioether (sulfide) groups is 1. The van der Waals surface area contributed by atoms with Gasteiger partial charge in [0.2, 0.25) is 0 Å². The van der Waals surface area contributed by atoms with Gasteiger partial charge in [0.15, 0.2) is 0 Å². The van der Waals surface area contributed by atoms with Crippen LogP contribution in [0, 0.1) is 0 Å². The Morgan fingerprint density at radius 1 is 1.25 bits per heavy atom. The lowest BCUT2D eigenvalue weighted by molar-refractivity contribution is 0.516. The van der Waals surface area contributed by atoms with Crippen LogP contribution in [0.4, 0.5) is 0 Å². The molecule has 1 fully saturated rings. The van der Waals surface area contributed by atoms with Crippen molar-refractivity contribution >= 4 is 39.3 Å². The van der Waals surface area contributed by atoms with Crippen LogP contribution in [0.15, 0.2) is 22.7 Å². The highest BCUT2D eigenvalue weighted by atomic mass is 79.9. The maximum absolute atomic E-state index is 6.20. The van der Waals surface area contributed by atoms with Crippen LogP contribution >= 0.6 is 39.3 Å². The first kappa shape index (κ1) is 12.8. The molecule has 0 amide bonds. The molecule has 16 heavy (non-hydrogen) atoms. The molecule has 0 atom stereocenters. The van der Waals surface area contributed by atoms with Gasteiger partial charge in [-0.15, -0.1) is 0 Å². The average molecular weight is 320 g/mol. The Kier molecular flexibility index (Phi) is 5.05. The van der Waals surface area contributed by atoms with Gasteiger partial charge in [-0.25, -0.2) is 0 Å². The molecule has 0 spiro atoms. The minimum atomic E-state index is 0.855. The topological polar surface area (TPSA) is 0 Å². The van der Waals surface area contributed by atoms with Gasteiger partial charge in [-0.05, 0) is 30.5 Å². The van der Waals surface area contributed by atoms with E-state index >= 15 is 0 Å². The lowest BCUT2D eigenvalue weighted by Crippen LogP contribution is -2.08. The third kappa shape index (κ3) is 3.68. The zero-order valence-electron chi connectivity index (χ0n) is 9.22. The molecular weight excluding hydrogens is 304 g/mol. The van der Waals surface area contributed by atoms with E-state index < -0.39 is 0 Å². The summed E-state index contributed by atoms with van der Waals surface area (Å²) in [7, 11) is 0. The molecule has 2 rings (SSSR count). The van der Waals surface area contributed by atoms with Gasteiger partial charge in [0.05, 0.1) is 0 Å². The zero-order chi connectivity index (χ0) is 11.4. The molecule has 0 aromatic heterocycles. The monoisotopic (exact) mass is 318 g/mol. The summed E-state index contributed by atoms with van der Waals surface area (Å²) >= 11 is 11.7. The Balaban J connectivity index is 1.88. The second kappa shape index (κ2) is 6.32. The van der Waals surface area contributed by atoms with Crippen LogP contribution in [0.1, 0.15) is 37.7 Å². The highest BCUT2D eigenvalue weighted by molar-refractivity contribution is 9.10. The molecule has 3 heteroatoms. The van der Waals surface area contributed by atoms with E-state index in [9.17, 15) is 0 Å². The van der Waals surface area contributed by atoms with Crippen molar-refractivity contribution in [1.29, 1.82) is 0 Å². The van der Waals surface area contributed by atoms with Crippen LogP contribution in [0.5, 0.6) is 0 Å². The second-order valence-corrected chi connectivity index (χ2v) is 6.92. The summed E-state index contributed by atoms with van der Waals surface area (Å²) < 4.78 is 1.06. The summed E-state index contributed by atoms with van der Waals surface area (Å²) in [5.74, 6) is 1.05. The number of benzene rings is 1. The smallest absolute Gasteiger partial charge is 0.0457 e. The Hall–Kier alpha value is 0.340. The summed E-state index contributed by atoms with van der Waals surface area (Å²) in [6.07, 6.45) is 7.02. The molecule has 0 radical (unpaired) electrons. The molecule has 88 valence electrons. The van der Waals surface area contributed by atoms with Gasteiger partial charge in [0, 0.05) is 20.5 Å². The summed E-state index contributed by atoms with van der Waals surface area (Å²) in [4.78, 5) is 0. The molecule has 1 saturated carbocycles. The van der Waals surface area contributed by atoms with Crippen molar-refractivity contribution in [3.05, 3.63) is 33.3 Å². The van der Waals surface area contributed by atoms with E-state index in [1.807, 2.05) is 6.07 Å². The van der Waals surface area contributed by atoms with Crippen molar-refractivity contribution in [2.75, 3.05) is 0 Å². The Morgan fingerprint density at radius 3 is 2.69 bits per heavy atom. The van der Waals surface area contributed by atoms with E-state index in [2.05, 4.69) is 39.8 Å². The van der Waals surface area contributed by atoms with Crippen molar-refractivity contribution in [3.63, 3.8) is 0 Å². The number of hydrogen-bond acceptors (Lipinski definition) is 1. The molecule has 1 aliphatic rings. The number of rotatable bonds is 3. The summed E-state index contributed by atoms with van der Waals surface area (Å²) in [5, 5.41) is 1.74. The maximum Gasteiger partial charge on any atom is 0.0457 e. The fraction of sp³-hybridized carbons (Fsp3) is 0.538. The fourth-order valence-electron chi connectivity index (χ4n) is 2.08. The number of halogens is 2. The minimum absolute atomic E-state index is 0.855. The first-order chi connectivity index (χ1) is 7.75. The molecule has 0 N–H and O–H groups in total. The standard InChI is InChI=1S/C13H16BrClS/c14-11-7-6-10(13(15)8-11)9-16-12-4-2-1-3-5-12/h6-8,12H,1-5,9H2.